The Hall–Kier alpha value is -0.300. The summed E-state index contributed by atoms with van der Waals surface area (Å²) in [5.41, 5.74) is 0. The molecular weight excluding hydrogens is 76.1 g/mol. The van der Waals surface area contributed by atoms with Gasteiger partial charge in [-0.05, 0) is 12.8 Å². The van der Waals surface area contributed by atoms with Gasteiger partial charge in [0.25, 0.3) is 0 Å². The van der Waals surface area contributed by atoms with Crippen molar-refractivity contribution in [2.24, 2.45) is 0 Å². The van der Waals surface area contributed by atoms with Gasteiger partial charge in [-0.15, -0.1) is 0 Å². The molecule has 1 radical (unpaired) electrons. The molecule has 0 saturated heterocycles. The highest BCUT2D eigenvalue weighted by Crippen LogP contribution is 2.14. The molecule has 0 aliphatic heterocycles. The van der Waals surface area contributed by atoms with Crippen LogP contribution in [-0.2, 0) is 0 Å². The van der Waals surface area contributed by atoms with Gasteiger partial charge in [0, 0.05) is 0 Å². The molecule has 0 unspecified atom stereocenters. The largest absolute Gasteiger partial charge is 0.386 e. The monoisotopic (exact) mass is 83.0 g/mol. The molecule has 0 aromatic rings. The molecule has 0 fully saturated rings. The lowest BCUT2D eigenvalue weighted by Gasteiger charge is -1.90. The number of hydrogen-bond donors (Lipinski definition) is 1. The van der Waals surface area contributed by atoms with Crippen molar-refractivity contribution in [1.82, 2.24) is 0 Å². The van der Waals surface area contributed by atoms with Crippen LogP contribution in [0.1, 0.15) is 12.8 Å². The van der Waals surface area contributed by atoms with E-state index >= 15 is 0 Å². The maximum absolute atomic E-state index is 8.58. The third kappa shape index (κ3) is 0.601. The van der Waals surface area contributed by atoms with E-state index in [2.05, 4.69) is 0 Å². The number of aliphatic hydroxyl groups excluding tert-OH is 1. The van der Waals surface area contributed by atoms with E-state index in [4.69, 9.17) is 5.11 Å². The summed E-state index contributed by atoms with van der Waals surface area (Å²) >= 11 is 0. The van der Waals surface area contributed by atoms with E-state index in [9.17, 15) is 0 Å². The summed E-state index contributed by atoms with van der Waals surface area (Å²) in [5, 5.41) is 8.58. The molecule has 0 bridgehead atoms. The lowest BCUT2D eigenvalue weighted by molar-refractivity contribution is 0.302. The molecule has 1 aliphatic carbocycles. The fourth-order valence-electron chi connectivity index (χ4n) is 0.522. The average Bonchev–Trinajstić information content (AvgIpc) is 1.86. The fourth-order valence-corrected chi connectivity index (χ4v) is 0.522. The Morgan fingerprint density at radius 2 is 1.83 bits per heavy atom. The Morgan fingerprint density at radius 1 is 1.33 bits per heavy atom. The molecule has 6 heavy (non-hydrogen) atoms. The first-order valence-electron chi connectivity index (χ1n) is 2.08. The first-order valence-corrected chi connectivity index (χ1v) is 2.08. The van der Waals surface area contributed by atoms with Gasteiger partial charge in [-0.1, -0.05) is 12.2 Å². The summed E-state index contributed by atoms with van der Waals surface area (Å²) in [6.45, 7) is 0. The first kappa shape index (κ1) is 3.88. The van der Waals surface area contributed by atoms with E-state index in [1.165, 1.54) is 0 Å². The summed E-state index contributed by atoms with van der Waals surface area (Å²) < 4.78 is 0. The van der Waals surface area contributed by atoms with Crippen LogP contribution in [0.2, 0.25) is 0 Å². The van der Waals surface area contributed by atoms with Crippen molar-refractivity contribution < 1.29 is 5.11 Å². The third-order valence-electron chi connectivity index (χ3n) is 0.874. The molecule has 0 saturated carbocycles. The van der Waals surface area contributed by atoms with Crippen LogP contribution in [0, 0.1) is 6.10 Å². The lowest BCUT2D eigenvalue weighted by Crippen LogP contribution is -1.82. The van der Waals surface area contributed by atoms with Crippen LogP contribution < -0.4 is 0 Å². The molecule has 0 heterocycles. The summed E-state index contributed by atoms with van der Waals surface area (Å²) in [5.74, 6) is 0. The number of rotatable bonds is 0. The second-order valence-corrected chi connectivity index (χ2v) is 1.45. The van der Waals surface area contributed by atoms with Gasteiger partial charge in [-0.3, -0.25) is 0 Å². The van der Waals surface area contributed by atoms with Gasteiger partial charge in [0.2, 0.25) is 0 Å². The molecule has 0 aromatic heterocycles. The van der Waals surface area contributed by atoms with Crippen LogP contribution in [0.3, 0.4) is 0 Å². The van der Waals surface area contributed by atoms with Crippen LogP contribution in [0.15, 0.2) is 12.2 Å². The summed E-state index contributed by atoms with van der Waals surface area (Å²) in [6.07, 6.45) is 6.08. The van der Waals surface area contributed by atoms with Crippen molar-refractivity contribution in [1.29, 1.82) is 0 Å². The Kier molecular flexibility index (Phi) is 0.926. The predicted molar refractivity (Wildman–Crippen MR) is 23.6 cm³/mol. The fraction of sp³-hybridized carbons (Fsp3) is 0.400. The standard InChI is InChI=1S/C5H7O/c6-5-3-1-2-4-5/h1-2,6H,3-4H2. The highest BCUT2D eigenvalue weighted by molar-refractivity contribution is 5.03. The molecule has 0 aromatic carbocycles. The second-order valence-electron chi connectivity index (χ2n) is 1.45. The molecule has 1 heteroatoms. The molecule has 0 atom stereocenters. The Labute approximate surface area is 37.3 Å². The highest BCUT2D eigenvalue weighted by Gasteiger charge is 2.03. The predicted octanol–water partition coefficient (Wildman–Crippen LogP) is 1.24. The first-order chi connectivity index (χ1) is 2.89. The molecule has 0 amide bonds. The zero-order valence-electron chi connectivity index (χ0n) is 3.52. The SMILES string of the molecule is O[C]1CC=CC1. The topological polar surface area (TPSA) is 20.2 Å². The molecule has 33 valence electrons. The van der Waals surface area contributed by atoms with Crippen LogP contribution in [0.5, 0.6) is 0 Å². The minimum atomic E-state index is 0.593. The third-order valence-corrected chi connectivity index (χ3v) is 0.874. The van der Waals surface area contributed by atoms with Crippen molar-refractivity contribution in [3.8, 4) is 0 Å². The van der Waals surface area contributed by atoms with E-state index in [0.717, 1.165) is 12.8 Å². The molecule has 1 rings (SSSR count). The van der Waals surface area contributed by atoms with E-state index < -0.39 is 0 Å². The highest BCUT2D eigenvalue weighted by atomic mass is 16.3. The molecular formula is C5H7O. The molecule has 1 nitrogen and oxygen atoms in total. The van der Waals surface area contributed by atoms with Crippen molar-refractivity contribution in [3.05, 3.63) is 18.3 Å². The average molecular weight is 83.1 g/mol. The van der Waals surface area contributed by atoms with Crippen LogP contribution in [0.25, 0.3) is 0 Å². The maximum atomic E-state index is 8.58. The minimum absolute atomic E-state index is 0.593. The van der Waals surface area contributed by atoms with Crippen molar-refractivity contribution in [2.45, 2.75) is 12.8 Å². The van der Waals surface area contributed by atoms with Gasteiger partial charge in [0.05, 0.1) is 0 Å². The number of hydrogen-bond acceptors (Lipinski definition) is 1. The minimum Gasteiger partial charge on any atom is -0.386 e. The van der Waals surface area contributed by atoms with Crippen LogP contribution in [-0.4, -0.2) is 5.11 Å². The van der Waals surface area contributed by atoms with Crippen molar-refractivity contribution in [3.63, 3.8) is 0 Å². The summed E-state index contributed by atoms with van der Waals surface area (Å²) in [7, 11) is 0. The van der Waals surface area contributed by atoms with E-state index in [0.29, 0.717) is 6.10 Å². The van der Waals surface area contributed by atoms with Crippen LogP contribution in [0.4, 0.5) is 0 Å². The molecule has 1 N–H and O–H groups in total. The lowest BCUT2D eigenvalue weighted by atomic mass is 10.3. The van der Waals surface area contributed by atoms with Crippen molar-refractivity contribution in [2.75, 3.05) is 0 Å². The van der Waals surface area contributed by atoms with Gasteiger partial charge in [0.1, 0.15) is 6.10 Å². The van der Waals surface area contributed by atoms with Gasteiger partial charge in [-0.25, -0.2) is 0 Å². The second kappa shape index (κ2) is 1.43. The quantitative estimate of drug-likeness (QED) is 0.437. The van der Waals surface area contributed by atoms with Gasteiger partial charge >= 0.3 is 0 Å². The summed E-state index contributed by atoms with van der Waals surface area (Å²) in [6, 6.07) is 0. The van der Waals surface area contributed by atoms with Crippen LogP contribution >= 0.6 is 0 Å². The summed E-state index contributed by atoms with van der Waals surface area (Å²) in [4.78, 5) is 0. The van der Waals surface area contributed by atoms with Gasteiger partial charge in [0.15, 0.2) is 0 Å². The normalized spacial score (nSPS) is 22.8. The molecule has 1 aliphatic rings. The van der Waals surface area contributed by atoms with Gasteiger partial charge in [-0.2, -0.15) is 0 Å². The van der Waals surface area contributed by atoms with Gasteiger partial charge < -0.3 is 5.11 Å². The van der Waals surface area contributed by atoms with E-state index in [1.54, 1.807) is 0 Å². The van der Waals surface area contributed by atoms with E-state index in [1.807, 2.05) is 12.2 Å². The Morgan fingerprint density at radius 3 is 2.00 bits per heavy atom. The zero-order valence-corrected chi connectivity index (χ0v) is 3.52. The number of aliphatic hydroxyl groups is 1. The van der Waals surface area contributed by atoms with E-state index in [-0.39, 0.29) is 0 Å². The maximum Gasteiger partial charge on any atom is 0.101 e. The Bertz CT molecular complexity index is 58.3. The Balaban J connectivity index is 2.32. The molecule has 0 spiro atoms. The smallest absolute Gasteiger partial charge is 0.101 e. The van der Waals surface area contributed by atoms with Crippen molar-refractivity contribution >= 4 is 0 Å². The zero-order chi connectivity index (χ0) is 4.41.